The lowest BCUT2D eigenvalue weighted by molar-refractivity contribution is 0.188. The van der Waals surface area contributed by atoms with Crippen LogP contribution in [-0.2, 0) is 6.42 Å². The molecule has 2 saturated heterocycles. The van der Waals surface area contributed by atoms with E-state index in [2.05, 4.69) is 32.5 Å². The van der Waals surface area contributed by atoms with E-state index in [9.17, 15) is 0 Å². The topological polar surface area (TPSA) is 79.1 Å². The van der Waals surface area contributed by atoms with Crippen LogP contribution in [0.15, 0.2) is 0 Å². The first kappa shape index (κ1) is 14.5. The third-order valence-electron chi connectivity index (χ3n) is 4.81. The fourth-order valence-corrected chi connectivity index (χ4v) is 3.55. The Bertz CT molecular complexity index is 503. The summed E-state index contributed by atoms with van der Waals surface area (Å²) in [5, 5.41) is 3.64. The molecule has 0 saturated carbocycles. The molecular weight excluding hydrogens is 264 g/mol. The SMILES string of the molecule is CCc1nc(NN)c(C)c(NC2CCN3CCCC3C2)n1. The standard InChI is InChI=1S/C15H26N6/c1-3-13-18-14(10(2)15(19-13)20-16)17-11-6-8-21-7-4-5-12(21)9-11/h11-12H,3-9,16H2,1-2H3,(H2,17,18,19,20). The lowest BCUT2D eigenvalue weighted by Gasteiger charge is -2.35. The summed E-state index contributed by atoms with van der Waals surface area (Å²) < 4.78 is 0. The molecule has 0 bridgehead atoms. The summed E-state index contributed by atoms with van der Waals surface area (Å²) in [4.78, 5) is 11.7. The van der Waals surface area contributed by atoms with Crippen LogP contribution in [0, 0.1) is 6.92 Å². The smallest absolute Gasteiger partial charge is 0.148 e. The number of hydrogen-bond acceptors (Lipinski definition) is 6. The number of anilines is 2. The van der Waals surface area contributed by atoms with E-state index in [0.29, 0.717) is 6.04 Å². The van der Waals surface area contributed by atoms with Gasteiger partial charge in [-0.15, -0.1) is 0 Å². The number of aromatic nitrogens is 2. The fraction of sp³-hybridized carbons (Fsp3) is 0.733. The molecule has 21 heavy (non-hydrogen) atoms. The second-order valence-corrected chi connectivity index (χ2v) is 6.16. The first-order valence-corrected chi connectivity index (χ1v) is 8.06. The summed E-state index contributed by atoms with van der Waals surface area (Å²) in [6.07, 6.45) is 5.91. The molecule has 2 aliphatic heterocycles. The number of rotatable bonds is 4. The Balaban J connectivity index is 1.75. The van der Waals surface area contributed by atoms with Gasteiger partial charge in [0.15, 0.2) is 0 Å². The van der Waals surface area contributed by atoms with Gasteiger partial charge in [0, 0.05) is 30.6 Å². The minimum Gasteiger partial charge on any atom is -0.367 e. The predicted molar refractivity (Wildman–Crippen MR) is 85.2 cm³/mol. The summed E-state index contributed by atoms with van der Waals surface area (Å²) in [6.45, 7) is 6.56. The van der Waals surface area contributed by atoms with Gasteiger partial charge < -0.3 is 15.6 Å². The molecule has 116 valence electrons. The van der Waals surface area contributed by atoms with E-state index in [1.807, 2.05) is 6.92 Å². The van der Waals surface area contributed by atoms with E-state index in [1.54, 1.807) is 0 Å². The van der Waals surface area contributed by atoms with Gasteiger partial charge in [0.05, 0.1) is 0 Å². The molecule has 3 rings (SSSR count). The first-order chi connectivity index (χ1) is 10.2. The van der Waals surface area contributed by atoms with Crippen molar-refractivity contribution in [1.82, 2.24) is 14.9 Å². The highest BCUT2D eigenvalue weighted by molar-refractivity contribution is 5.57. The van der Waals surface area contributed by atoms with Crippen LogP contribution in [0.25, 0.3) is 0 Å². The number of nitrogens with one attached hydrogen (secondary N) is 2. The molecule has 6 heteroatoms. The molecule has 0 spiro atoms. The predicted octanol–water partition coefficient (Wildman–Crippen LogP) is 1.67. The zero-order chi connectivity index (χ0) is 14.8. The fourth-order valence-electron chi connectivity index (χ4n) is 3.55. The number of nitrogens with zero attached hydrogens (tertiary/aromatic N) is 3. The summed E-state index contributed by atoms with van der Waals surface area (Å²) in [7, 11) is 0. The van der Waals surface area contributed by atoms with Crippen molar-refractivity contribution in [2.45, 2.75) is 58.0 Å². The van der Waals surface area contributed by atoms with Crippen molar-refractivity contribution in [3.8, 4) is 0 Å². The normalized spacial score (nSPS) is 25.7. The van der Waals surface area contributed by atoms with Gasteiger partial charge in [-0.3, -0.25) is 0 Å². The van der Waals surface area contributed by atoms with E-state index in [1.165, 1.54) is 38.8 Å². The minimum atomic E-state index is 0.508. The Labute approximate surface area is 126 Å². The van der Waals surface area contributed by atoms with Crippen molar-refractivity contribution in [3.05, 3.63) is 11.4 Å². The lowest BCUT2D eigenvalue weighted by Crippen LogP contribution is -2.43. The molecule has 1 aromatic heterocycles. The Morgan fingerprint density at radius 3 is 2.81 bits per heavy atom. The third kappa shape index (κ3) is 2.96. The number of hydrazine groups is 1. The highest BCUT2D eigenvalue weighted by atomic mass is 15.3. The second kappa shape index (κ2) is 6.15. The zero-order valence-electron chi connectivity index (χ0n) is 13.0. The van der Waals surface area contributed by atoms with Crippen LogP contribution in [0.5, 0.6) is 0 Å². The van der Waals surface area contributed by atoms with E-state index in [0.717, 1.165) is 35.5 Å². The number of nitrogens with two attached hydrogens (primary N) is 1. The van der Waals surface area contributed by atoms with Gasteiger partial charge in [-0.25, -0.2) is 15.8 Å². The molecule has 0 aliphatic carbocycles. The molecule has 2 atom stereocenters. The van der Waals surface area contributed by atoms with Gasteiger partial charge in [0.25, 0.3) is 0 Å². The lowest BCUT2D eigenvalue weighted by atomic mass is 9.97. The van der Waals surface area contributed by atoms with Crippen molar-refractivity contribution in [2.24, 2.45) is 5.84 Å². The first-order valence-electron chi connectivity index (χ1n) is 8.06. The van der Waals surface area contributed by atoms with Crippen LogP contribution in [-0.4, -0.2) is 40.0 Å². The maximum atomic E-state index is 5.57. The summed E-state index contributed by atoms with van der Waals surface area (Å²) in [5.74, 6) is 8.06. The molecule has 0 radical (unpaired) electrons. The van der Waals surface area contributed by atoms with Crippen LogP contribution in [0.4, 0.5) is 11.6 Å². The van der Waals surface area contributed by atoms with E-state index < -0.39 is 0 Å². The molecule has 4 N–H and O–H groups in total. The van der Waals surface area contributed by atoms with Crippen molar-refractivity contribution < 1.29 is 0 Å². The average molecular weight is 290 g/mol. The number of piperidine rings is 1. The molecule has 6 nitrogen and oxygen atoms in total. The maximum Gasteiger partial charge on any atom is 0.148 e. The summed E-state index contributed by atoms with van der Waals surface area (Å²) in [6, 6.07) is 1.27. The van der Waals surface area contributed by atoms with Crippen LogP contribution in [0.3, 0.4) is 0 Å². The Morgan fingerprint density at radius 2 is 2.05 bits per heavy atom. The highest BCUT2D eigenvalue weighted by Gasteiger charge is 2.32. The zero-order valence-corrected chi connectivity index (χ0v) is 13.0. The average Bonchev–Trinajstić information content (AvgIpc) is 2.97. The van der Waals surface area contributed by atoms with E-state index >= 15 is 0 Å². The van der Waals surface area contributed by atoms with Crippen molar-refractivity contribution in [1.29, 1.82) is 0 Å². The largest absolute Gasteiger partial charge is 0.367 e. The Hall–Kier alpha value is -1.40. The van der Waals surface area contributed by atoms with Gasteiger partial charge in [-0.1, -0.05) is 6.92 Å². The van der Waals surface area contributed by atoms with Crippen LogP contribution >= 0.6 is 0 Å². The molecule has 3 heterocycles. The van der Waals surface area contributed by atoms with Crippen LogP contribution < -0.4 is 16.6 Å². The van der Waals surface area contributed by atoms with Gasteiger partial charge in [0.1, 0.15) is 17.5 Å². The molecule has 2 aliphatic rings. The van der Waals surface area contributed by atoms with Crippen molar-refractivity contribution in [3.63, 3.8) is 0 Å². The van der Waals surface area contributed by atoms with Crippen LogP contribution in [0.1, 0.15) is 44.0 Å². The van der Waals surface area contributed by atoms with Crippen LogP contribution in [0.2, 0.25) is 0 Å². The number of hydrogen-bond donors (Lipinski definition) is 3. The summed E-state index contributed by atoms with van der Waals surface area (Å²) in [5.41, 5.74) is 3.69. The molecule has 0 amide bonds. The second-order valence-electron chi connectivity index (χ2n) is 6.16. The number of aryl methyl sites for hydroxylation is 1. The molecule has 0 aromatic carbocycles. The van der Waals surface area contributed by atoms with Gasteiger partial charge in [0.2, 0.25) is 0 Å². The van der Waals surface area contributed by atoms with Gasteiger partial charge in [-0.05, 0) is 39.2 Å². The number of nitrogen functional groups attached to an aromatic ring is 1. The number of fused-ring (bicyclic) bond motifs is 1. The Morgan fingerprint density at radius 1 is 1.24 bits per heavy atom. The molecule has 1 aromatic rings. The quantitative estimate of drug-likeness (QED) is 0.578. The minimum absolute atomic E-state index is 0.508. The monoisotopic (exact) mass is 290 g/mol. The Kier molecular flexibility index (Phi) is 4.26. The molecule has 2 unspecified atom stereocenters. The molecular formula is C15H26N6. The summed E-state index contributed by atoms with van der Waals surface area (Å²) >= 11 is 0. The third-order valence-corrected chi connectivity index (χ3v) is 4.81. The maximum absolute atomic E-state index is 5.57. The van der Waals surface area contributed by atoms with E-state index in [-0.39, 0.29) is 0 Å². The molecule has 2 fully saturated rings. The van der Waals surface area contributed by atoms with Gasteiger partial charge in [-0.2, -0.15) is 0 Å². The highest BCUT2D eigenvalue weighted by Crippen LogP contribution is 2.29. The van der Waals surface area contributed by atoms with E-state index in [4.69, 9.17) is 5.84 Å². The van der Waals surface area contributed by atoms with Crippen molar-refractivity contribution >= 4 is 11.6 Å². The van der Waals surface area contributed by atoms with Crippen molar-refractivity contribution in [2.75, 3.05) is 23.8 Å². The van der Waals surface area contributed by atoms with Gasteiger partial charge >= 0.3 is 0 Å².